The molecule has 0 aromatic carbocycles. The van der Waals surface area contributed by atoms with Crippen molar-refractivity contribution in [2.24, 2.45) is 15.7 Å². The van der Waals surface area contributed by atoms with Crippen LogP contribution in [0.4, 0.5) is 0 Å². The Bertz CT molecular complexity index is 89.3. The van der Waals surface area contributed by atoms with E-state index in [2.05, 4.69) is 9.98 Å². The predicted octanol–water partition coefficient (Wildman–Crippen LogP) is -1.01. The molecule has 0 rings (SSSR count). The Hall–Kier alpha value is -0.900. The van der Waals surface area contributed by atoms with Crippen molar-refractivity contribution >= 4 is 12.7 Å². The molecule has 0 spiro atoms. The number of aliphatic hydroxyl groups is 1. The molecule has 0 aliphatic rings. The van der Waals surface area contributed by atoms with Gasteiger partial charge in [0, 0.05) is 0 Å². The zero-order valence-electron chi connectivity index (χ0n) is 4.49. The molecule has 0 aromatic rings. The van der Waals surface area contributed by atoms with Crippen LogP contribution in [0, 0.1) is 0 Å². The van der Waals surface area contributed by atoms with Crippen LogP contribution in [-0.2, 0) is 0 Å². The van der Waals surface area contributed by atoms with Crippen molar-refractivity contribution in [2.45, 2.75) is 0 Å². The third-order valence-electron chi connectivity index (χ3n) is 0.463. The van der Waals surface area contributed by atoms with E-state index in [1.807, 2.05) is 0 Å². The van der Waals surface area contributed by atoms with Gasteiger partial charge in [-0.1, -0.05) is 0 Å². The summed E-state index contributed by atoms with van der Waals surface area (Å²) in [6, 6.07) is 0. The Kier molecular flexibility index (Phi) is 5.41. The number of nitrogens with zero attached hydrogens (tertiary/aromatic N) is 2. The van der Waals surface area contributed by atoms with Gasteiger partial charge in [-0.3, -0.25) is 4.99 Å². The maximum absolute atomic E-state index is 8.17. The smallest absolute Gasteiger partial charge is 0.111 e. The van der Waals surface area contributed by atoms with Gasteiger partial charge in [-0.2, -0.15) is 0 Å². The standard InChI is InChI=1S/C4H9N3O/c5-3-7-4-6-1-2-8/h3-4,8H,1-2H2,(H2,5,6,7). The normalized spacial score (nSPS) is 11.6. The molecule has 8 heavy (non-hydrogen) atoms. The van der Waals surface area contributed by atoms with E-state index in [1.165, 1.54) is 6.34 Å². The van der Waals surface area contributed by atoms with Gasteiger partial charge < -0.3 is 10.8 Å². The highest BCUT2D eigenvalue weighted by Crippen LogP contribution is 1.63. The Balaban J connectivity index is 3.07. The minimum absolute atomic E-state index is 0.0522. The molecular formula is C4H9N3O. The van der Waals surface area contributed by atoms with Gasteiger partial charge in [-0.05, 0) is 0 Å². The Morgan fingerprint density at radius 3 is 2.88 bits per heavy atom. The summed E-state index contributed by atoms with van der Waals surface area (Å²) < 4.78 is 0. The molecule has 3 N–H and O–H groups in total. The monoisotopic (exact) mass is 115 g/mol. The van der Waals surface area contributed by atoms with Crippen molar-refractivity contribution < 1.29 is 5.11 Å². The van der Waals surface area contributed by atoms with Gasteiger partial charge in [0.2, 0.25) is 0 Å². The molecule has 0 fully saturated rings. The molecule has 0 bridgehead atoms. The first-order chi connectivity index (χ1) is 3.91. The van der Waals surface area contributed by atoms with Crippen molar-refractivity contribution in [3.63, 3.8) is 0 Å². The minimum Gasteiger partial charge on any atom is -0.394 e. The number of rotatable bonds is 3. The zero-order chi connectivity index (χ0) is 6.24. The van der Waals surface area contributed by atoms with Crippen LogP contribution in [0.5, 0.6) is 0 Å². The molecule has 0 atom stereocenters. The summed E-state index contributed by atoms with van der Waals surface area (Å²) in [6.07, 6.45) is 2.44. The predicted molar refractivity (Wildman–Crippen MR) is 33.1 cm³/mol. The van der Waals surface area contributed by atoms with Crippen molar-refractivity contribution in [3.8, 4) is 0 Å². The average Bonchev–Trinajstić information content (AvgIpc) is 1.81. The van der Waals surface area contributed by atoms with Gasteiger partial charge in [-0.25, -0.2) is 4.99 Å². The van der Waals surface area contributed by atoms with Crippen LogP contribution >= 0.6 is 0 Å². The molecule has 4 heteroatoms. The second kappa shape index (κ2) is 6.10. The molecule has 0 radical (unpaired) electrons. The quantitative estimate of drug-likeness (QED) is 0.365. The first-order valence-corrected chi connectivity index (χ1v) is 2.24. The van der Waals surface area contributed by atoms with E-state index in [-0.39, 0.29) is 6.61 Å². The highest BCUT2D eigenvalue weighted by molar-refractivity contribution is 5.69. The van der Waals surface area contributed by atoms with Crippen molar-refractivity contribution in [2.75, 3.05) is 13.2 Å². The van der Waals surface area contributed by atoms with E-state index in [0.29, 0.717) is 6.54 Å². The molecule has 0 saturated carbocycles. The number of hydrogen-bond acceptors (Lipinski definition) is 2. The van der Waals surface area contributed by atoms with E-state index in [1.54, 1.807) is 0 Å². The lowest BCUT2D eigenvalue weighted by Crippen LogP contribution is -1.90. The molecule has 46 valence electrons. The number of nitrogens with two attached hydrogens (primary N) is 1. The van der Waals surface area contributed by atoms with Crippen LogP contribution in [0.15, 0.2) is 9.98 Å². The summed E-state index contributed by atoms with van der Waals surface area (Å²) >= 11 is 0. The van der Waals surface area contributed by atoms with E-state index in [4.69, 9.17) is 10.8 Å². The van der Waals surface area contributed by atoms with Gasteiger partial charge in [-0.15, -0.1) is 0 Å². The SMILES string of the molecule is NC=NC=NCCO. The largest absolute Gasteiger partial charge is 0.394 e. The summed E-state index contributed by atoms with van der Waals surface area (Å²) in [7, 11) is 0. The summed E-state index contributed by atoms with van der Waals surface area (Å²) in [5.41, 5.74) is 4.87. The third kappa shape index (κ3) is 5.10. The topological polar surface area (TPSA) is 71.0 Å². The molecule has 0 amide bonds. The van der Waals surface area contributed by atoms with Crippen LogP contribution < -0.4 is 5.73 Å². The molecule has 4 nitrogen and oxygen atoms in total. The van der Waals surface area contributed by atoms with E-state index >= 15 is 0 Å². The number of aliphatic imine (C=N–C) groups is 2. The first kappa shape index (κ1) is 7.10. The number of aliphatic hydroxyl groups excluding tert-OH is 1. The van der Waals surface area contributed by atoms with Crippen LogP contribution in [0.1, 0.15) is 0 Å². The van der Waals surface area contributed by atoms with Crippen molar-refractivity contribution in [1.82, 2.24) is 0 Å². The molecule has 0 aliphatic carbocycles. The fraction of sp³-hybridized carbons (Fsp3) is 0.500. The summed E-state index contributed by atoms with van der Waals surface area (Å²) in [5.74, 6) is 0. The Morgan fingerprint density at radius 2 is 2.38 bits per heavy atom. The number of hydrogen-bond donors (Lipinski definition) is 2. The molecule has 0 unspecified atom stereocenters. The summed E-state index contributed by atoms with van der Waals surface area (Å²) in [6.45, 7) is 0.438. The summed E-state index contributed by atoms with van der Waals surface area (Å²) in [4.78, 5) is 7.09. The maximum atomic E-state index is 8.17. The van der Waals surface area contributed by atoms with Crippen molar-refractivity contribution in [3.05, 3.63) is 0 Å². The lowest BCUT2D eigenvalue weighted by molar-refractivity contribution is 0.307. The molecule has 0 aromatic heterocycles. The maximum Gasteiger partial charge on any atom is 0.111 e. The van der Waals surface area contributed by atoms with Crippen molar-refractivity contribution in [1.29, 1.82) is 0 Å². The molecular weight excluding hydrogens is 106 g/mol. The lowest BCUT2D eigenvalue weighted by Gasteiger charge is -1.79. The Morgan fingerprint density at radius 1 is 1.62 bits per heavy atom. The van der Waals surface area contributed by atoms with Gasteiger partial charge in [0.1, 0.15) is 6.34 Å². The van der Waals surface area contributed by atoms with Gasteiger partial charge in [0.15, 0.2) is 0 Å². The highest BCUT2D eigenvalue weighted by atomic mass is 16.3. The Labute approximate surface area is 47.8 Å². The minimum atomic E-state index is 0.0522. The van der Waals surface area contributed by atoms with E-state index in [0.717, 1.165) is 6.34 Å². The molecule has 0 heterocycles. The zero-order valence-corrected chi connectivity index (χ0v) is 4.49. The van der Waals surface area contributed by atoms with E-state index < -0.39 is 0 Å². The second-order valence-corrected chi connectivity index (χ2v) is 1.04. The van der Waals surface area contributed by atoms with Crippen LogP contribution in [0.3, 0.4) is 0 Å². The fourth-order valence-electron chi connectivity index (χ4n) is 0.201. The van der Waals surface area contributed by atoms with Crippen LogP contribution in [-0.4, -0.2) is 30.9 Å². The van der Waals surface area contributed by atoms with E-state index in [9.17, 15) is 0 Å². The van der Waals surface area contributed by atoms with Gasteiger partial charge in [0.05, 0.1) is 19.5 Å². The fourth-order valence-corrected chi connectivity index (χ4v) is 0.201. The third-order valence-corrected chi connectivity index (χ3v) is 0.463. The molecule has 0 saturated heterocycles. The van der Waals surface area contributed by atoms with Gasteiger partial charge in [0.25, 0.3) is 0 Å². The molecule has 0 aliphatic heterocycles. The second-order valence-electron chi connectivity index (χ2n) is 1.04. The van der Waals surface area contributed by atoms with Crippen LogP contribution in [0.2, 0.25) is 0 Å². The highest BCUT2D eigenvalue weighted by Gasteiger charge is 1.68. The van der Waals surface area contributed by atoms with Gasteiger partial charge >= 0.3 is 0 Å². The first-order valence-electron chi connectivity index (χ1n) is 2.24. The average molecular weight is 115 g/mol. The van der Waals surface area contributed by atoms with Crippen LogP contribution in [0.25, 0.3) is 0 Å². The lowest BCUT2D eigenvalue weighted by atomic mass is 10.7. The summed E-state index contributed by atoms with van der Waals surface area (Å²) in [5, 5.41) is 8.17.